The number of carbonyl (C=O) groups is 1. The fourth-order valence-electron chi connectivity index (χ4n) is 1.60. The molecule has 0 aliphatic rings. The predicted octanol–water partition coefficient (Wildman–Crippen LogP) is 1.89. The molecule has 0 aliphatic heterocycles. The van der Waals surface area contributed by atoms with Crippen molar-refractivity contribution in [2.45, 2.75) is 12.9 Å². The number of hydrogen-bond donors (Lipinski definition) is 2. The molecule has 1 heterocycles. The summed E-state index contributed by atoms with van der Waals surface area (Å²) in [6, 6.07) is 5.13. The Kier molecular flexibility index (Phi) is 4.44. The Bertz CT molecular complexity index is 659. The summed E-state index contributed by atoms with van der Waals surface area (Å²) in [5.74, 6) is -0.865. The van der Waals surface area contributed by atoms with Crippen LogP contribution < -0.4 is 15.8 Å². The van der Waals surface area contributed by atoms with Gasteiger partial charge < -0.3 is 15.8 Å². The Morgan fingerprint density at radius 3 is 2.41 bits per heavy atom. The predicted molar refractivity (Wildman–Crippen MR) is 70.7 cm³/mol. The van der Waals surface area contributed by atoms with Gasteiger partial charge in [-0.2, -0.15) is 0 Å². The van der Waals surface area contributed by atoms with Gasteiger partial charge in [0.2, 0.25) is 0 Å². The number of benzene rings is 1. The lowest BCUT2D eigenvalue weighted by molar-refractivity contribution is -0.274. The average molecular weight is 312 g/mol. The molecule has 2 aromatic rings. The quantitative estimate of drug-likeness (QED) is 0.899. The number of hydrogen-bond acceptors (Lipinski definition) is 5. The number of amides is 1. The molecular formula is C13H11F3N4O2. The molecule has 1 amide bonds. The Hall–Kier alpha value is -2.84. The summed E-state index contributed by atoms with van der Waals surface area (Å²) in [7, 11) is 0. The van der Waals surface area contributed by atoms with Crippen LogP contribution in [0.25, 0.3) is 0 Å². The van der Waals surface area contributed by atoms with Gasteiger partial charge in [-0.1, -0.05) is 12.1 Å². The van der Waals surface area contributed by atoms with E-state index in [1.807, 2.05) is 0 Å². The number of rotatable bonds is 4. The fourth-order valence-corrected chi connectivity index (χ4v) is 1.60. The summed E-state index contributed by atoms with van der Waals surface area (Å²) in [5.41, 5.74) is 6.09. The molecule has 22 heavy (non-hydrogen) atoms. The van der Waals surface area contributed by atoms with Crippen LogP contribution in [0.3, 0.4) is 0 Å². The molecule has 1 aromatic carbocycles. The molecule has 6 nitrogen and oxygen atoms in total. The molecule has 0 atom stereocenters. The van der Waals surface area contributed by atoms with Crippen LogP contribution in [0, 0.1) is 0 Å². The molecule has 0 bridgehead atoms. The van der Waals surface area contributed by atoms with Gasteiger partial charge in [0.15, 0.2) is 11.5 Å². The number of ether oxygens (including phenoxy) is 1. The number of nitrogens with zero attached hydrogens (tertiary/aromatic N) is 2. The van der Waals surface area contributed by atoms with E-state index in [2.05, 4.69) is 20.0 Å². The van der Waals surface area contributed by atoms with Crippen LogP contribution in [0.2, 0.25) is 0 Å². The van der Waals surface area contributed by atoms with E-state index in [1.165, 1.54) is 24.5 Å². The Balaban J connectivity index is 1.95. The van der Waals surface area contributed by atoms with Gasteiger partial charge in [0, 0.05) is 18.9 Å². The number of halogens is 3. The molecule has 0 saturated carbocycles. The Morgan fingerprint density at radius 2 is 1.82 bits per heavy atom. The highest BCUT2D eigenvalue weighted by Crippen LogP contribution is 2.22. The number of carbonyl (C=O) groups excluding carboxylic acids is 1. The maximum atomic E-state index is 12.0. The summed E-state index contributed by atoms with van der Waals surface area (Å²) in [4.78, 5) is 19.4. The third-order valence-electron chi connectivity index (χ3n) is 2.55. The monoisotopic (exact) mass is 312 g/mol. The number of nitrogen functional groups attached to an aromatic ring is 1. The third-order valence-corrected chi connectivity index (χ3v) is 2.55. The molecular weight excluding hydrogens is 301 g/mol. The zero-order valence-electron chi connectivity index (χ0n) is 11.1. The first-order valence-electron chi connectivity index (χ1n) is 6.04. The average Bonchev–Trinajstić information content (AvgIpc) is 2.45. The van der Waals surface area contributed by atoms with Crippen molar-refractivity contribution in [3.63, 3.8) is 0 Å². The first kappa shape index (κ1) is 15.5. The van der Waals surface area contributed by atoms with E-state index in [9.17, 15) is 18.0 Å². The second-order valence-electron chi connectivity index (χ2n) is 4.16. The second-order valence-corrected chi connectivity index (χ2v) is 4.16. The van der Waals surface area contributed by atoms with Gasteiger partial charge in [-0.05, 0) is 17.7 Å². The molecule has 0 spiro atoms. The summed E-state index contributed by atoms with van der Waals surface area (Å²) >= 11 is 0. The van der Waals surface area contributed by atoms with E-state index in [1.54, 1.807) is 0 Å². The molecule has 0 unspecified atom stereocenters. The van der Waals surface area contributed by atoms with Crippen molar-refractivity contribution in [3.05, 3.63) is 47.9 Å². The molecule has 0 radical (unpaired) electrons. The van der Waals surface area contributed by atoms with Gasteiger partial charge in [0.1, 0.15) is 5.75 Å². The van der Waals surface area contributed by atoms with Crippen LogP contribution in [0.1, 0.15) is 16.1 Å². The maximum Gasteiger partial charge on any atom is 0.573 e. The van der Waals surface area contributed by atoms with E-state index >= 15 is 0 Å². The fraction of sp³-hybridized carbons (Fsp3) is 0.154. The third kappa shape index (κ3) is 4.33. The van der Waals surface area contributed by atoms with Gasteiger partial charge >= 0.3 is 6.36 Å². The van der Waals surface area contributed by atoms with Crippen molar-refractivity contribution >= 4 is 11.7 Å². The van der Waals surface area contributed by atoms with Crippen LogP contribution in [0.15, 0.2) is 36.7 Å². The lowest BCUT2D eigenvalue weighted by atomic mass is 10.2. The molecule has 0 saturated heterocycles. The number of nitrogens with one attached hydrogen (secondary N) is 1. The minimum absolute atomic E-state index is 0.00562. The molecule has 0 fully saturated rings. The second kappa shape index (κ2) is 6.29. The van der Waals surface area contributed by atoms with Crippen LogP contribution >= 0.6 is 0 Å². The van der Waals surface area contributed by atoms with Crippen LogP contribution in [0.5, 0.6) is 5.75 Å². The molecule has 3 N–H and O–H groups in total. The number of anilines is 1. The lowest BCUT2D eigenvalue weighted by Crippen LogP contribution is -2.25. The Labute approximate surface area is 123 Å². The summed E-state index contributed by atoms with van der Waals surface area (Å²) in [6.07, 6.45) is -2.06. The van der Waals surface area contributed by atoms with Crippen molar-refractivity contribution in [1.29, 1.82) is 0 Å². The lowest BCUT2D eigenvalue weighted by Gasteiger charge is -2.10. The normalized spacial score (nSPS) is 11.0. The first-order chi connectivity index (χ1) is 10.3. The van der Waals surface area contributed by atoms with Gasteiger partial charge in [-0.15, -0.1) is 13.2 Å². The smallest absolute Gasteiger partial charge is 0.406 e. The van der Waals surface area contributed by atoms with E-state index < -0.39 is 12.3 Å². The highest BCUT2D eigenvalue weighted by atomic mass is 19.4. The molecule has 1 aromatic heterocycles. The van der Waals surface area contributed by atoms with Crippen molar-refractivity contribution < 1.29 is 22.7 Å². The van der Waals surface area contributed by atoms with Crippen molar-refractivity contribution in [2.75, 3.05) is 5.73 Å². The largest absolute Gasteiger partial charge is 0.573 e. The van der Waals surface area contributed by atoms with Gasteiger partial charge in [-0.3, -0.25) is 4.79 Å². The van der Waals surface area contributed by atoms with Gasteiger partial charge in [-0.25, -0.2) is 9.97 Å². The van der Waals surface area contributed by atoms with Crippen molar-refractivity contribution in [2.24, 2.45) is 0 Å². The number of aromatic nitrogens is 2. The zero-order valence-corrected chi connectivity index (χ0v) is 11.1. The highest BCUT2D eigenvalue weighted by Gasteiger charge is 2.30. The van der Waals surface area contributed by atoms with Crippen LogP contribution in [0.4, 0.5) is 19.0 Å². The number of nitrogens with two attached hydrogens (primary N) is 1. The van der Waals surface area contributed by atoms with Crippen LogP contribution in [-0.2, 0) is 6.54 Å². The first-order valence-corrected chi connectivity index (χ1v) is 6.04. The van der Waals surface area contributed by atoms with Gasteiger partial charge in [0.25, 0.3) is 5.91 Å². The Morgan fingerprint density at radius 1 is 1.18 bits per heavy atom. The number of alkyl halides is 3. The van der Waals surface area contributed by atoms with E-state index in [0.29, 0.717) is 5.56 Å². The zero-order chi connectivity index (χ0) is 16.2. The van der Waals surface area contributed by atoms with Crippen molar-refractivity contribution in [3.8, 4) is 5.75 Å². The van der Waals surface area contributed by atoms with E-state index in [4.69, 9.17) is 5.73 Å². The standard InChI is InChI=1S/C13H11F3N4O2/c14-13(15,16)22-9-3-1-8(2-4-9)7-20-12(21)10-11(17)19-6-5-18-10/h1-6H,7H2,(H2,17,19)(H,20,21). The van der Waals surface area contributed by atoms with Crippen LogP contribution in [-0.4, -0.2) is 22.2 Å². The maximum absolute atomic E-state index is 12.0. The van der Waals surface area contributed by atoms with E-state index in [-0.39, 0.29) is 23.8 Å². The molecule has 116 valence electrons. The van der Waals surface area contributed by atoms with Gasteiger partial charge in [0.05, 0.1) is 0 Å². The summed E-state index contributed by atoms with van der Waals surface area (Å²) in [6.45, 7) is 0.0984. The molecule has 2 rings (SSSR count). The topological polar surface area (TPSA) is 90.1 Å². The summed E-state index contributed by atoms with van der Waals surface area (Å²) < 4.78 is 39.8. The molecule has 9 heteroatoms. The minimum atomic E-state index is -4.74. The SMILES string of the molecule is Nc1nccnc1C(=O)NCc1ccc(OC(F)(F)F)cc1. The van der Waals surface area contributed by atoms with E-state index in [0.717, 1.165) is 12.1 Å². The molecule has 0 aliphatic carbocycles. The van der Waals surface area contributed by atoms with Crippen molar-refractivity contribution in [1.82, 2.24) is 15.3 Å². The highest BCUT2D eigenvalue weighted by molar-refractivity contribution is 5.96. The minimum Gasteiger partial charge on any atom is -0.406 e. The summed E-state index contributed by atoms with van der Waals surface area (Å²) in [5, 5.41) is 2.54.